The standard InChI is InChI=1S/C35H39BrN4O6/c1-6-44-30-16-23(5)27(18-26(30)22(3)4)34-38-29-11-9-8-10-25(29)35(42)40(34)37-20-24-17-31(45-7-2)32(19-28(24)36)46-21-33(41)39-12-14-43-15-13-39/h8-11,16-20,22H,6-7,12-15,21H2,1-5H3. The van der Waals surface area contributed by atoms with Crippen molar-refractivity contribution in [2.45, 2.75) is 40.5 Å². The predicted molar refractivity (Wildman–Crippen MR) is 183 cm³/mol. The van der Waals surface area contributed by atoms with Crippen LogP contribution in [0.5, 0.6) is 17.2 Å². The van der Waals surface area contributed by atoms with Crippen molar-refractivity contribution in [1.82, 2.24) is 14.6 Å². The molecule has 46 heavy (non-hydrogen) atoms. The number of aromatic nitrogens is 2. The SMILES string of the molecule is CCOc1cc(C=Nn2c(-c3cc(C(C)C)c(OCC)cc3C)nc3ccccc3c2=O)c(Br)cc1OCC(=O)N1CCOCC1. The number of carbonyl (C=O) groups is 1. The molecule has 1 aliphatic heterocycles. The Morgan fingerprint density at radius 1 is 1.02 bits per heavy atom. The average Bonchev–Trinajstić information content (AvgIpc) is 3.05. The van der Waals surface area contributed by atoms with Gasteiger partial charge in [0.2, 0.25) is 0 Å². The molecule has 242 valence electrons. The van der Waals surface area contributed by atoms with E-state index in [0.717, 1.165) is 22.4 Å². The van der Waals surface area contributed by atoms with E-state index in [4.69, 9.17) is 29.0 Å². The third kappa shape index (κ3) is 7.26. The van der Waals surface area contributed by atoms with Crippen LogP contribution in [0.25, 0.3) is 22.3 Å². The van der Waals surface area contributed by atoms with E-state index in [1.807, 2.05) is 51.1 Å². The molecule has 0 aliphatic carbocycles. The topological polar surface area (TPSA) is 104 Å². The number of para-hydroxylation sites is 1. The lowest BCUT2D eigenvalue weighted by molar-refractivity contribution is -0.137. The van der Waals surface area contributed by atoms with E-state index in [0.29, 0.717) is 77.8 Å². The van der Waals surface area contributed by atoms with Crippen molar-refractivity contribution >= 4 is 39.0 Å². The Labute approximate surface area is 277 Å². The average molecular weight is 692 g/mol. The lowest BCUT2D eigenvalue weighted by Gasteiger charge is -2.26. The Morgan fingerprint density at radius 3 is 2.43 bits per heavy atom. The molecule has 0 saturated carbocycles. The number of carbonyl (C=O) groups excluding carboxylic acids is 1. The minimum atomic E-state index is -0.293. The molecular formula is C35H39BrN4O6. The smallest absolute Gasteiger partial charge is 0.282 e. The van der Waals surface area contributed by atoms with Gasteiger partial charge in [-0.25, -0.2) is 4.98 Å². The van der Waals surface area contributed by atoms with Crippen LogP contribution >= 0.6 is 15.9 Å². The number of nitrogens with zero attached hydrogens (tertiary/aromatic N) is 4. The summed E-state index contributed by atoms with van der Waals surface area (Å²) in [5, 5.41) is 5.15. The van der Waals surface area contributed by atoms with Crippen molar-refractivity contribution in [2.75, 3.05) is 46.1 Å². The largest absolute Gasteiger partial charge is 0.494 e. The van der Waals surface area contributed by atoms with Gasteiger partial charge >= 0.3 is 0 Å². The molecule has 1 aliphatic rings. The Morgan fingerprint density at radius 2 is 1.72 bits per heavy atom. The van der Waals surface area contributed by atoms with Gasteiger partial charge in [-0.3, -0.25) is 9.59 Å². The van der Waals surface area contributed by atoms with Crippen molar-refractivity contribution in [2.24, 2.45) is 5.10 Å². The van der Waals surface area contributed by atoms with Crippen LogP contribution in [0.2, 0.25) is 0 Å². The Hall–Kier alpha value is -4.22. The summed E-state index contributed by atoms with van der Waals surface area (Å²) < 4.78 is 25.1. The number of fused-ring (bicyclic) bond motifs is 1. The molecule has 0 unspecified atom stereocenters. The van der Waals surface area contributed by atoms with Gasteiger partial charge in [0.1, 0.15) is 5.75 Å². The first kappa shape index (κ1) is 33.2. The summed E-state index contributed by atoms with van der Waals surface area (Å²) in [6.07, 6.45) is 1.59. The van der Waals surface area contributed by atoms with Crippen LogP contribution in [0.4, 0.5) is 0 Å². The fourth-order valence-electron chi connectivity index (χ4n) is 5.27. The fraction of sp³-hybridized carbons (Fsp3) is 0.371. The third-order valence-corrected chi connectivity index (χ3v) is 8.35. The second-order valence-electron chi connectivity index (χ2n) is 11.1. The first-order chi connectivity index (χ1) is 22.2. The maximum Gasteiger partial charge on any atom is 0.282 e. The molecular weight excluding hydrogens is 652 g/mol. The second-order valence-corrected chi connectivity index (χ2v) is 12.0. The number of aryl methyl sites for hydroxylation is 1. The molecule has 0 radical (unpaired) electrons. The maximum absolute atomic E-state index is 13.9. The molecule has 0 bridgehead atoms. The van der Waals surface area contributed by atoms with Crippen molar-refractivity contribution < 1.29 is 23.7 Å². The molecule has 4 aromatic rings. The highest BCUT2D eigenvalue weighted by Gasteiger charge is 2.21. The van der Waals surface area contributed by atoms with Gasteiger partial charge in [0.25, 0.3) is 11.5 Å². The van der Waals surface area contributed by atoms with E-state index in [1.165, 1.54) is 4.68 Å². The van der Waals surface area contributed by atoms with E-state index in [-0.39, 0.29) is 24.0 Å². The molecule has 5 rings (SSSR count). The normalized spacial score (nSPS) is 13.5. The van der Waals surface area contributed by atoms with Crippen LogP contribution < -0.4 is 19.8 Å². The zero-order valence-electron chi connectivity index (χ0n) is 26.8. The van der Waals surface area contributed by atoms with Crippen LogP contribution in [0, 0.1) is 6.92 Å². The minimum Gasteiger partial charge on any atom is -0.494 e. The summed E-state index contributed by atoms with van der Waals surface area (Å²) in [4.78, 5) is 33.3. The van der Waals surface area contributed by atoms with Gasteiger partial charge in [-0.05, 0) is 90.1 Å². The summed E-state index contributed by atoms with van der Waals surface area (Å²) in [5.41, 5.74) is 3.65. The molecule has 10 nitrogen and oxygen atoms in total. The van der Waals surface area contributed by atoms with Gasteiger partial charge in [0, 0.05) is 28.7 Å². The Balaban J connectivity index is 1.55. The van der Waals surface area contributed by atoms with E-state index in [1.54, 1.807) is 29.3 Å². The van der Waals surface area contributed by atoms with Gasteiger partial charge in [-0.15, -0.1) is 0 Å². The highest BCUT2D eigenvalue weighted by molar-refractivity contribution is 9.10. The van der Waals surface area contributed by atoms with Gasteiger partial charge in [0.15, 0.2) is 23.9 Å². The number of hydrogen-bond acceptors (Lipinski definition) is 8. The molecule has 3 aromatic carbocycles. The van der Waals surface area contributed by atoms with E-state index in [9.17, 15) is 9.59 Å². The summed E-state index contributed by atoms with van der Waals surface area (Å²) in [7, 11) is 0. The fourth-order valence-corrected chi connectivity index (χ4v) is 5.70. The molecule has 0 atom stereocenters. The predicted octanol–water partition coefficient (Wildman–Crippen LogP) is 6.18. The zero-order valence-corrected chi connectivity index (χ0v) is 28.4. The first-order valence-electron chi connectivity index (χ1n) is 15.5. The van der Waals surface area contributed by atoms with E-state index >= 15 is 0 Å². The van der Waals surface area contributed by atoms with Gasteiger partial charge in [-0.2, -0.15) is 9.78 Å². The molecule has 1 amide bonds. The van der Waals surface area contributed by atoms with E-state index in [2.05, 4.69) is 29.8 Å². The molecule has 0 spiro atoms. The van der Waals surface area contributed by atoms with E-state index < -0.39 is 0 Å². The number of morpholine rings is 1. The molecule has 11 heteroatoms. The van der Waals surface area contributed by atoms with Crippen LogP contribution in [0.15, 0.2) is 62.9 Å². The molecule has 1 aromatic heterocycles. The van der Waals surface area contributed by atoms with Crippen molar-refractivity contribution in [3.63, 3.8) is 0 Å². The number of benzene rings is 3. The van der Waals surface area contributed by atoms with Crippen LogP contribution in [-0.2, 0) is 9.53 Å². The van der Waals surface area contributed by atoms with Crippen LogP contribution in [0.3, 0.4) is 0 Å². The number of ether oxygens (including phenoxy) is 4. The highest BCUT2D eigenvalue weighted by Crippen LogP contribution is 2.35. The Bertz CT molecular complexity index is 1810. The second kappa shape index (κ2) is 14.9. The summed E-state index contributed by atoms with van der Waals surface area (Å²) >= 11 is 3.62. The number of rotatable bonds is 11. The highest BCUT2D eigenvalue weighted by atomic mass is 79.9. The van der Waals surface area contributed by atoms with Crippen molar-refractivity contribution in [3.05, 3.63) is 80.0 Å². The third-order valence-electron chi connectivity index (χ3n) is 7.66. The monoisotopic (exact) mass is 690 g/mol. The number of hydrogen-bond donors (Lipinski definition) is 0. The van der Waals surface area contributed by atoms with Crippen LogP contribution in [0.1, 0.15) is 50.3 Å². The van der Waals surface area contributed by atoms with Crippen molar-refractivity contribution in [1.29, 1.82) is 0 Å². The maximum atomic E-state index is 13.9. The molecule has 0 N–H and O–H groups in total. The first-order valence-corrected chi connectivity index (χ1v) is 16.3. The van der Waals surface area contributed by atoms with Gasteiger partial charge < -0.3 is 23.8 Å². The molecule has 1 saturated heterocycles. The molecule has 1 fully saturated rings. The number of halogens is 1. The lowest BCUT2D eigenvalue weighted by Crippen LogP contribution is -2.43. The summed E-state index contributed by atoms with van der Waals surface area (Å²) in [6, 6.07) is 14.8. The quantitative estimate of drug-likeness (QED) is 0.173. The minimum absolute atomic E-state index is 0.117. The van der Waals surface area contributed by atoms with Gasteiger partial charge in [-0.1, -0.05) is 26.0 Å². The molecule has 2 heterocycles. The lowest BCUT2D eigenvalue weighted by atomic mass is 9.96. The van der Waals surface area contributed by atoms with Gasteiger partial charge in [0.05, 0.1) is 43.5 Å². The number of amides is 1. The summed E-state index contributed by atoms with van der Waals surface area (Å²) in [5.74, 6) is 2.18. The summed E-state index contributed by atoms with van der Waals surface area (Å²) in [6.45, 7) is 13.0. The van der Waals surface area contributed by atoms with Crippen LogP contribution in [-0.4, -0.2) is 72.8 Å². The van der Waals surface area contributed by atoms with Crippen molar-refractivity contribution in [3.8, 4) is 28.6 Å². The zero-order chi connectivity index (χ0) is 32.8. The Kier molecular flexibility index (Phi) is 10.7.